The molecular formula is C10H20N2O2. The standard InChI is InChI=1S/C10H20N2O2/c1-2-5-11-6-3-7-12(10(11)14)8-4-9-13/h13H,2-9H2,1H3. The van der Waals surface area contributed by atoms with Crippen LogP contribution in [0.4, 0.5) is 4.79 Å². The Balaban J connectivity index is 2.40. The molecule has 0 radical (unpaired) electrons. The van der Waals surface area contributed by atoms with Crippen molar-refractivity contribution in [2.75, 3.05) is 32.8 Å². The van der Waals surface area contributed by atoms with Crippen molar-refractivity contribution in [3.63, 3.8) is 0 Å². The Labute approximate surface area is 85.5 Å². The summed E-state index contributed by atoms with van der Waals surface area (Å²) >= 11 is 0. The van der Waals surface area contributed by atoms with Crippen LogP contribution in [0.1, 0.15) is 26.2 Å². The van der Waals surface area contributed by atoms with Gasteiger partial charge < -0.3 is 14.9 Å². The third-order valence-electron chi connectivity index (χ3n) is 2.48. The van der Waals surface area contributed by atoms with Gasteiger partial charge in [-0.15, -0.1) is 0 Å². The summed E-state index contributed by atoms with van der Waals surface area (Å²) in [6, 6.07) is 0.145. The van der Waals surface area contributed by atoms with E-state index < -0.39 is 0 Å². The molecule has 2 amide bonds. The topological polar surface area (TPSA) is 43.8 Å². The second-order valence-corrected chi connectivity index (χ2v) is 3.69. The van der Waals surface area contributed by atoms with Crippen LogP contribution in [0.3, 0.4) is 0 Å². The van der Waals surface area contributed by atoms with E-state index in [0.29, 0.717) is 13.0 Å². The molecule has 0 aromatic carbocycles. The minimum absolute atomic E-state index is 0.145. The third kappa shape index (κ3) is 2.87. The van der Waals surface area contributed by atoms with E-state index in [1.54, 1.807) is 0 Å². The molecule has 1 rings (SSSR count). The Morgan fingerprint density at radius 3 is 2.50 bits per heavy atom. The normalized spacial score (nSPS) is 17.7. The van der Waals surface area contributed by atoms with Crippen LogP contribution in [0.25, 0.3) is 0 Å². The smallest absolute Gasteiger partial charge is 0.320 e. The molecule has 0 spiro atoms. The lowest BCUT2D eigenvalue weighted by atomic mass is 10.2. The van der Waals surface area contributed by atoms with Gasteiger partial charge in [0.15, 0.2) is 0 Å². The first-order valence-electron chi connectivity index (χ1n) is 5.44. The van der Waals surface area contributed by atoms with Crippen LogP contribution in [-0.2, 0) is 0 Å². The zero-order valence-corrected chi connectivity index (χ0v) is 8.91. The number of amides is 2. The minimum Gasteiger partial charge on any atom is -0.396 e. The van der Waals surface area contributed by atoms with Crippen LogP contribution >= 0.6 is 0 Å². The predicted octanol–water partition coefficient (Wildman–Crippen LogP) is 0.907. The van der Waals surface area contributed by atoms with E-state index >= 15 is 0 Å². The molecule has 0 aromatic rings. The van der Waals surface area contributed by atoms with Gasteiger partial charge >= 0.3 is 6.03 Å². The molecule has 0 atom stereocenters. The molecule has 0 bridgehead atoms. The van der Waals surface area contributed by atoms with Crippen LogP contribution in [-0.4, -0.2) is 53.7 Å². The van der Waals surface area contributed by atoms with E-state index in [4.69, 9.17) is 5.11 Å². The van der Waals surface area contributed by atoms with E-state index in [1.807, 2.05) is 9.80 Å². The summed E-state index contributed by atoms with van der Waals surface area (Å²) in [5.41, 5.74) is 0. The van der Waals surface area contributed by atoms with Crippen molar-refractivity contribution < 1.29 is 9.90 Å². The molecule has 4 heteroatoms. The maximum absolute atomic E-state index is 11.8. The molecule has 1 saturated heterocycles. The van der Waals surface area contributed by atoms with Gasteiger partial charge in [-0.05, 0) is 19.3 Å². The molecule has 0 aromatic heterocycles. The number of hydrogen-bond acceptors (Lipinski definition) is 2. The van der Waals surface area contributed by atoms with Gasteiger partial charge in [0.2, 0.25) is 0 Å². The first kappa shape index (κ1) is 11.3. The molecule has 14 heavy (non-hydrogen) atoms. The maximum Gasteiger partial charge on any atom is 0.320 e. The average molecular weight is 200 g/mol. The van der Waals surface area contributed by atoms with Crippen molar-refractivity contribution in [1.29, 1.82) is 0 Å². The number of nitrogens with zero attached hydrogens (tertiary/aromatic N) is 2. The SMILES string of the molecule is CCCN1CCCN(CCCO)C1=O. The molecule has 0 saturated carbocycles. The number of carbonyl (C=O) groups is 1. The number of urea groups is 1. The van der Waals surface area contributed by atoms with Crippen molar-refractivity contribution in [3.05, 3.63) is 0 Å². The van der Waals surface area contributed by atoms with Crippen LogP contribution in [0.5, 0.6) is 0 Å². The van der Waals surface area contributed by atoms with E-state index in [-0.39, 0.29) is 12.6 Å². The Kier molecular flexibility index (Phi) is 4.73. The van der Waals surface area contributed by atoms with Gasteiger partial charge in [-0.25, -0.2) is 4.79 Å². The van der Waals surface area contributed by atoms with Crippen molar-refractivity contribution in [2.24, 2.45) is 0 Å². The van der Waals surface area contributed by atoms with E-state index in [2.05, 4.69) is 6.92 Å². The number of hydrogen-bond donors (Lipinski definition) is 1. The van der Waals surface area contributed by atoms with Gasteiger partial charge in [-0.1, -0.05) is 6.92 Å². The largest absolute Gasteiger partial charge is 0.396 e. The monoisotopic (exact) mass is 200 g/mol. The molecule has 1 aliphatic heterocycles. The molecule has 1 aliphatic rings. The first-order chi connectivity index (χ1) is 6.79. The summed E-state index contributed by atoms with van der Waals surface area (Å²) in [6.07, 6.45) is 2.75. The summed E-state index contributed by atoms with van der Waals surface area (Å²) < 4.78 is 0. The highest BCUT2D eigenvalue weighted by atomic mass is 16.3. The second-order valence-electron chi connectivity index (χ2n) is 3.69. The molecule has 1 fully saturated rings. The van der Waals surface area contributed by atoms with Crippen molar-refractivity contribution in [3.8, 4) is 0 Å². The molecule has 0 unspecified atom stereocenters. The Morgan fingerprint density at radius 2 is 1.93 bits per heavy atom. The quantitative estimate of drug-likeness (QED) is 0.716. The zero-order valence-electron chi connectivity index (χ0n) is 8.91. The van der Waals surface area contributed by atoms with E-state index in [1.165, 1.54) is 0 Å². The van der Waals surface area contributed by atoms with Gasteiger partial charge in [-0.3, -0.25) is 0 Å². The maximum atomic E-state index is 11.8. The molecule has 1 N–H and O–H groups in total. The molecule has 0 aliphatic carbocycles. The summed E-state index contributed by atoms with van der Waals surface area (Å²) in [5.74, 6) is 0. The summed E-state index contributed by atoms with van der Waals surface area (Å²) in [4.78, 5) is 15.5. The van der Waals surface area contributed by atoms with Gasteiger partial charge in [0.1, 0.15) is 0 Å². The fourth-order valence-corrected chi connectivity index (χ4v) is 1.79. The number of aliphatic hydroxyl groups is 1. The second kappa shape index (κ2) is 5.86. The fraction of sp³-hybridized carbons (Fsp3) is 0.900. The summed E-state index contributed by atoms with van der Waals surface area (Å²) in [7, 11) is 0. The first-order valence-corrected chi connectivity index (χ1v) is 5.44. The zero-order chi connectivity index (χ0) is 10.4. The summed E-state index contributed by atoms with van der Waals surface area (Å²) in [5, 5.41) is 8.70. The highest BCUT2D eigenvalue weighted by Crippen LogP contribution is 2.09. The lowest BCUT2D eigenvalue weighted by molar-refractivity contribution is 0.125. The lowest BCUT2D eigenvalue weighted by Crippen LogP contribution is -2.49. The van der Waals surface area contributed by atoms with E-state index in [0.717, 1.165) is 32.5 Å². The van der Waals surface area contributed by atoms with Gasteiger partial charge in [0, 0.05) is 32.8 Å². The fourth-order valence-electron chi connectivity index (χ4n) is 1.79. The van der Waals surface area contributed by atoms with Gasteiger partial charge in [0.25, 0.3) is 0 Å². The molecule has 1 heterocycles. The minimum atomic E-state index is 0.145. The lowest BCUT2D eigenvalue weighted by Gasteiger charge is -2.35. The van der Waals surface area contributed by atoms with Crippen LogP contribution in [0.15, 0.2) is 0 Å². The van der Waals surface area contributed by atoms with Crippen LogP contribution in [0.2, 0.25) is 0 Å². The molecule has 82 valence electrons. The van der Waals surface area contributed by atoms with Crippen molar-refractivity contribution >= 4 is 6.03 Å². The average Bonchev–Trinajstić information content (AvgIpc) is 2.20. The number of aliphatic hydroxyl groups excluding tert-OH is 1. The predicted molar refractivity (Wildman–Crippen MR) is 55.2 cm³/mol. The van der Waals surface area contributed by atoms with Gasteiger partial charge in [0.05, 0.1) is 0 Å². The Morgan fingerprint density at radius 1 is 1.29 bits per heavy atom. The number of rotatable bonds is 5. The highest BCUT2D eigenvalue weighted by Gasteiger charge is 2.23. The molecular weight excluding hydrogens is 180 g/mol. The van der Waals surface area contributed by atoms with Crippen LogP contribution < -0.4 is 0 Å². The van der Waals surface area contributed by atoms with Crippen LogP contribution in [0, 0.1) is 0 Å². The van der Waals surface area contributed by atoms with Crippen molar-refractivity contribution in [1.82, 2.24) is 9.80 Å². The summed E-state index contributed by atoms with van der Waals surface area (Å²) in [6.45, 7) is 5.53. The number of carbonyl (C=O) groups excluding carboxylic acids is 1. The third-order valence-corrected chi connectivity index (χ3v) is 2.48. The van der Waals surface area contributed by atoms with E-state index in [9.17, 15) is 4.79 Å². The molecule has 4 nitrogen and oxygen atoms in total. The van der Waals surface area contributed by atoms with Gasteiger partial charge in [-0.2, -0.15) is 0 Å². The Hall–Kier alpha value is -0.770. The Bertz CT molecular complexity index is 183. The highest BCUT2D eigenvalue weighted by molar-refractivity contribution is 5.75. The van der Waals surface area contributed by atoms with Crippen molar-refractivity contribution in [2.45, 2.75) is 26.2 Å².